The van der Waals surface area contributed by atoms with Crippen LogP contribution in [-0.4, -0.2) is 37.4 Å². The monoisotopic (exact) mass is 344 g/mol. The highest BCUT2D eigenvalue weighted by atomic mass is 19.3. The Morgan fingerprint density at radius 2 is 2.08 bits per heavy atom. The first-order valence-corrected chi connectivity index (χ1v) is 8.31. The van der Waals surface area contributed by atoms with E-state index in [0.717, 1.165) is 25.3 Å². The van der Waals surface area contributed by atoms with Crippen LogP contribution in [0.25, 0.3) is 17.2 Å². The van der Waals surface area contributed by atoms with Crippen LogP contribution in [0.4, 0.5) is 14.6 Å². The van der Waals surface area contributed by atoms with Crippen LogP contribution in [0.3, 0.4) is 0 Å². The minimum atomic E-state index is -2.64. The van der Waals surface area contributed by atoms with Crippen LogP contribution in [0.2, 0.25) is 0 Å². The number of imidazole rings is 1. The van der Waals surface area contributed by atoms with Gasteiger partial charge in [0, 0.05) is 25.5 Å². The fourth-order valence-corrected chi connectivity index (χ4v) is 3.23. The summed E-state index contributed by atoms with van der Waals surface area (Å²) >= 11 is 0. The van der Waals surface area contributed by atoms with E-state index in [1.165, 1.54) is 18.8 Å². The van der Waals surface area contributed by atoms with E-state index in [-0.39, 0.29) is 5.69 Å². The minimum absolute atomic E-state index is 0.298. The van der Waals surface area contributed by atoms with Crippen molar-refractivity contribution in [2.45, 2.75) is 26.2 Å². The standard InChI is InChI=1S/C17H18F2N6/c1-11-3-2-6-24(9-11)14-4-5-20-17(23-14)13-7-22-15-8-21-12(16(18)19)10-25(13)15/h4-5,7-8,10-11,16H,2-3,6,9H2,1H3. The first-order valence-electron chi connectivity index (χ1n) is 8.31. The maximum atomic E-state index is 12.9. The summed E-state index contributed by atoms with van der Waals surface area (Å²) in [5.41, 5.74) is 0.763. The summed E-state index contributed by atoms with van der Waals surface area (Å²) in [5.74, 6) is 1.95. The van der Waals surface area contributed by atoms with Gasteiger partial charge in [-0.2, -0.15) is 0 Å². The van der Waals surface area contributed by atoms with Crippen LogP contribution < -0.4 is 4.90 Å². The Bertz CT molecular complexity index is 894. The lowest BCUT2D eigenvalue weighted by Crippen LogP contribution is -2.34. The summed E-state index contributed by atoms with van der Waals surface area (Å²) in [4.78, 5) is 19.1. The van der Waals surface area contributed by atoms with Gasteiger partial charge in [0.25, 0.3) is 6.43 Å². The Hall–Kier alpha value is -2.64. The fourth-order valence-electron chi connectivity index (χ4n) is 3.23. The molecule has 130 valence electrons. The zero-order valence-electron chi connectivity index (χ0n) is 13.8. The predicted molar refractivity (Wildman–Crippen MR) is 89.6 cm³/mol. The predicted octanol–water partition coefficient (Wildman–Crippen LogP) is 3.36. The average Bonchev–Trinajstić information content (AvgIpc) is 3.05. The number of aromatic nitrogens is 5. The SMILES string of the molecule is CC1CCCN(c2ccnc(-c3cnc4cnc(C(F)F)cn34)n2)C1. The highest BCUT2D eigenvalue weighted by Gasteiger charge is 2.19. The van der Waals surface area contributed by atoms with Crippen molar-refractivity contribution in [3.8, 4) is 11.5 Å². The number of alkyl halides is 2. The van der Waals surface area contributed by atoms with E-state index in [2.05, 4.69) is 31.8 Å². The van der Waals surface area contributed by atoms with Gasteiger partial charge in [-0.15, -0.1) is 0 Å². The average molecular weight is 344 g/mol. The van der Waals surface area contributed by atoms with Gasteiger partial charge in [0.1, 0.15) is 17.2 Å². The van der Waals surface area contributed by atoms with Crippen molar-refractivity contribution in [2.24, 2.45) is 5.92 Å². The van der Waals surface area contributed by atoms with Crippen molar-refractivity contribution in [3.05, 3.63) is 36.5 Å². The molecule has 0 saturated carbocycles. The Kier molecular flexibility index (Phi) is 4.03. The van der Waals surface area contributed by atoms with Crippen LogP contribution in [-0.2, 0) is 0 Å². The van der Waals surface area contributed by atoms with Crippen molar-refractivity contribution < 1.29 is 8.78 Å². The van der Waals surface area contributed by atoms with E-state index >= 15 is 0 Å². The second-order valence-corrected chi connectivity index (χ2v) is 6.42. The summed E-state index contributed by atoms with van der Waals surface area (Å²) in [6.45, 7) is 4.16. The van der Waals surface area contributed by atoms with E-state index in [1.807, 2.05) is 6.07 Å². The number of rotatable bonds is 3. The smallest absolute Gasteiger partial charge is 0.281 e. The largest absolute Gasteiger partial charge is 0.356 e. The van der Waals surface area contributed by atoms with Crippen LogP contribution in [0, 0.1) is 5.92 Å². The lowest BCUT2D eigenvalue weighted by Gasteiger charge is -2.31. The van der Waals surface area contributed by atoms with Crippen LogP contribution in [0.15, 0.2) is 30.9 Å². The molecule has 0 aromatic carbocycles. The lowest BCUT2D eigenvalue weighted by molar-refractivity contribution is 0.145. The molecule has 0 bridgehead atoms. The van der Waals surface area contributed by atoms with Crippen molar-refractivity contribution >= 4 is 11.5 Å². The highest BCUT2D eigenvalue weighted by Crippen LogP contribution is 2.25. The molecule has 3 aromatic rings. The zero-order chi connectivity index (χ0) is 17.4. The van der Waals surface area contributed by atoms with Crippen molar-refractivity contribution in [1.82, 2.24) is 24.3 Å². The Balaban J connectivity index is 1.73. The van der Waals surface area contributed by atoms with Crippen molar-refractivity contribution in [1.29, 1.82) is 0 Å². The number of fused-ring (bicyclic) bond motifs is 1. The van der Waals surface area contributed by atoms with Gasteiger partial charge < -0.3 is 4.90 Å². The molecular weight excluding hydrogens is 326 g/mol. The maximum Gasteiger partial charge on any atom is 0.281 e. The Labute approximate surface area is 143 Å². The van der Waals surface area contributed by atoms with Crippen LogP contribution in [0.5, 0.6) is 0 Å². The molecule has 0 radical (unpaired) electrons. The van der Waals surface area contributed by atoms with Crippen molar-refractivity contribution in [2.75, 3.05) is 18.0 Å². The van der Waals surface area contributed by atoms with E-state index in [0.29, 0.717) is 23.1 Å². The first-order chi connectivity index (χ1) is 12.1. The second kappa shape index (κ2) is 6.34. The molecule has 1 unspecified atom stereocenters. The summed E-state index contributed by atoms with van der Waals surface area (Å²) in [5, 5.41) is 0. The normalized spacial score (nSPS) is 18.2. The minimum Gasteiger partial charge on any atom is -0.356 e. The van der Waals surface area contributed by atoms with Gasteiger partial charge in [0.15, 0.2) is 11.5 Å². The number of piperidine rings is 1. The van der Waals surface area contributed by atoms with Crippen LogP contribution in [0.1, 0.15) is 31.9 Å². The molecule has 0 amide bonds. The van der Waals surface area contributed by atoms with E-state index < -0.39 is 6.43 Å². The molecule has 4 rings (SSSR count). The molecule has 1 atom stereocenters. The van der Waals surface area contributed by atoms with E-state index in [1.54, 1.807) is 16.8 Å². The van der Waals surface area contributed by atoms with Gasteiger partial charge in [-0.1, -0.05) is 6.92 Å². The molecule has 8 heteroatoms. The molecule has 1 aliphatic rings. The highest BCUT2D eigenvalue weighted by molar-refractivity contribution is 5.58. The van der Waals surface area contributed by atoms with Crippen molar-refractivity contribution in [3.63, 3.8) is 0 Å². The quantitative estimate of drug-likeness (QED) is 0.729. The molecule has 0 spiro atoms. The number of hydrogen-bond donors (Lipinski definition) is 0. The molecule has 1 aliphatic heterocycles. The van der Waals surface area contributed by atoms with Crippen LogP contribution >= 0.6 is 0 Å². The Morgan fingerprint density at radius 3 is 2.88 bits per heavy atom. The Morgan fingerprint density at radius 1 is 1.20 bits per heavy atom. The first kappa shape index (κ1) is 15.9. The maximum absolute atomic E-state index is 12.9. The summed E-state index contributed by atoms with van der Waals surface area (Å²) in [6, 6.07) is 1.89. The lowest BCUT2D eigenvalue weighted by atomic mass is 10.0. The topological polar surface area (TPSA) is 59.2 Å². The zero-order valence-corrected chi connectivity index (χ0v) is 13.8. The fraction of sp³-hybridized carbons (Fsp3) is 0.412. The third-order valence-electron chi connectivity index (χ3n) is 4.49. The number of nitrogens with zero attached hydrogens (tertiary/aromatic N) is 6. The molecule has 0 aliphatic carbocycles. The molecule has 25 heavy (non-hydrogen) atoms. The number of halogens is 2. The molecule has 4 heterocycles. The van der Waals surface area contributed by atoms with E-state index in [9.17, 15) is 8.78 Å². The number of hydrogen-bond acceptors (Lipinski definition) is 5. The third kappa shape index (κ3) is 3.04. The molecule has 3 aromatic heterocycles. The van der Waals surface area contributed by atoms with Gasteiger partial charge in [0.2, 0.25) is 0 Å². The summed E-state index contributed by atoms with van der Waals surface area (Å²) in [7, 11) is 0. The molecule has 6 nitrogen and oxygen atoms in total. The molecule has 0 N–H and O–H groups in total. The molecule has 1 fully saturated rings. The second-order valence-electron chi connectivity index (χ2n) is 6.42. The summed E-state index contributed by atoms with van der Waals surface area (Å²) in [6.07, 6.45) is 5.64. The molecule has 1 saturated heterocycles. The van der Waals surface area contributed by atoms with E-state index in [4.69, 9.17) is 0 Å². The van der Waals surface area contributed by atoms with Gasteiger partial charge in [-0.3, -0.25) is 4.40 Å². The number of anilines is 1. The van der Waals surface area contributed by atoms with Gasteiger partial charge >= 0.3 is 0 Å². The van der Waals surface area contributed by atoms with Gasteiger partial charge in [-0.25, -0.2) is 28.7 Å². The van der Waals surface area contributed by atoms with Gasteiger partial charge in [-0.05, 0) is 24.8 Å². The summed E-state index contributed by atoms with van der Waals surface area (Å²) < 4.78 is 27.5. The molecular formula is C17H18F2N6. The van der Waals surface area contributed by atoms with Gasteiger partial charge in [0.05, 0.1) is 12.4 Å². The third-order valence-corrected chi connectivity index (χ3v) is 4.49.